The van der Waals surface area contributed by atoms with Crippen LogP contribution < -0.4 is 4.74 Å². The molecular formula is C19H19FN2O. The quantitative estimate of drug-likeness (QED) is 0.657. The molecule has 0 radical (unpaired) electrons. The third kappa shape index (κ3) is 4.68. The Balaban J connectivity index is 1.66. The smallest absolute Gasteiger partial charge is 0.123 e. The molecule has 0 bridgehead atoms. The highest BCUT2D eigenvalue weighted by Crippen LogP contribution is 2.17. The number of benzene rings is 2. The maximum atomic E-state index is 13.0. The van der Waals surface area contributed by atoms with Gasteiger partial charge in [0.2, 0.25) is 0 Å². The minimum atomic E-state index is -0.257. The first-order valence-corrected chi connectivity index (χ1v) is 7.71. The summed E-state index contributed by atoms with van der Waals surface area (Å²) in [6.45, 7) is 0.713. The minimum absolute atomic E-state index is 0.00475. The van der Waals surface area contributed by atoms with Crippen LogP contribution in [0.3, 0.4) is 0 Å². The molecule has 1 unspecified atom stereocenters. The molecule has 3 nitrogen and oxygen atoms in total. The molecule has 118 valence electrons. The maximum Gasteiger partial charge on any atom is 0.123 e. The van der Waals surface area contributed by atoms with Crippen LogP contribution in [0.2, 0.25) is 0 Å². The van der Waals surface area contributed by atoms with E-state index in [9.17, 15) is 4.39 Å². The molecule has 0 N–H and O–H groups in total. The molecule has 0 saturated carbocycles. The van der Waals surface area contributed by atoms with E-state index in [1.165, 1.54) is 17.7 Å². The van der Waals surface area contributed by atoms with Gasteiger partial charge in [-0.1, -0.05) is 30.3 Å². The normalized spacial score (nSPS) is 12.0. The molecule has 0 aliphatic heterocycles. The fraction of sp³-hybridized carbons (Fsp3) is 0.211. The minimum Gasteiger partial charge on any atom is -0.489 e. The number of aryl methyl sites for hydroxylation is 1. The summed E-state index contributed by atoms with van der Waals surface area (Å²) in [5.74, 6) is 0.428. The number of aromatic nitrogens is 2. The Morgan fingerprint density at radius 2 is 1.83 bits per heavy atom. The molecule has 0 fully saturated rings. The molecular weight excluding hydrogens is 291 g/mol. The summed E-state index contributed by atoms with van der Waals surface area (Å²) in [6.07, 6.45) is 7.26. The zero-order chi connectivity index (χ0) is 15.9. The molecule has 1 atom stereocenters. The SMILES string of the molecule is Fc1ccc(OC(CCc2ccccc2)Cn2ccnc2)cc1. The monoisotopic (exact) mass is 310 g/mol. The predicted octanol–water partition coefficient (Wildman–Crippen LogP) is 4.10. The number of hydrogen-bond acceptors (Lipinski definition) is 2. The zero-order valence-corrected chi connectivity index (χ0v) is 12.8. The number of imidazole rings is 1. The largest absolute Gasteiger partial charge is 0.489 e. The second-order valence-corrected chi connectivity index (χ2v) is 5.48. The van der Waals surface area contributed by atoms with E-state index in [1.54, 1.807) is 24.7 Å². The highest BCUT2D eigenvalue weighted by atomic mass is 19.1. The lowest BCUT2D eigenvalue weighted by atomic mass is 10.1. The molecule has 0 aliphatic rings. The van der Waals surface area contributed by atoms with Gasteiger partial charge in [0, 0.05) is 12.4 Å². The number of ether oxygens (including phenoxy) is 1. The van der Waals surface area contributed by atoms with Gasteiger partial charge in [0.25, 0.3) is 0 Å². The van der Waals surface area contributed by atoms with Crippen LogP contribution in [0.4, 0.5) is 4.39 Å². The number of rotatable bonds is 7. The Hall–Kier alpha value is -2.62. The van der Waals surface area contributed by atoms with Gasteiger partial charge in [0.1, 0.15) is 17.7 Å². The first-order valence-electron chi connectivity index (χ1n) is 7.71. The second kappa shape index (κ2) is 7.58. The van der Waals surface area contributed by atoms with Gasteiger partial charge in [-0.2, -0.15) is 0 Å². The first kappa shape index (κ1) is 15.3. The molecule has 4 heteroatoms. The Morgan fingerprint density at radius 3 is 2.52 bits per heavy atom. The standard InChI is InChI=1S/C19H19FN2O/c20-17-7-10-18(11-8-17)23-19(14-22-13-12-21-15-22)9-6-16-4-2-1-3-5-16/h1-5,7-8,10-13,15,19H,6,9,14H2. The molecule has 0 saturated heterocycles. The lowest BCUT2D eigenvalue weighted by Gasteiger charge is -2.20. The molecule has 3 aromatic rings. The highest BCUT2D eigenvalue weighted by molar-refractivity contribution is 5.22. The Morgan fingerprint density at radius 1 is 1.04 bits per heavy atom. The van der Waals surface area contributed by atoms with Crippen molar-refractivity contribution < 1.29 is 9.13 Å². The van der Waals surface area contributed by atoms with Crippen molar-refractivity contribution in [1.82, 2.24) is 9.55 Å². The first-order chi connectivity index (χ1) is 11.3. The fourth-order valence-corrected chi connectivity index (χ4v) is 2.50. The molecule has 0 amide bonds. The van der Waals surface area contributed by atoms with Crippen LogP contribution in [0.25, 0.3) is 0 Å². The number of nitrogens with zero attached hydrogens (tertiary/aromatic N) is 2. The van der Waals surface area contributed by atoms with Crippen molar-refractivity contribution in [2.75, 3.05) is 0 Å². The van der Waals surface area contributed by atoms with Gasteiger partial charge in [-0.3, -0.25) is 0 Å². The topological polar surface area (TPSA) is 27.1 Å². The van der Waals surface area contributed by atoms with Crippen molar-refractivity contribution in [3.63, 3.8) is 0 Å². The Kier molecular flexibility index (Phi) is 5.04. The molecule has 23 heavy (non-hydrogen) atoms. The summed E-state index contributed by atoms with van der Waals surface area (Å²) in [4.78, 5) is 4.07. The molecule has 3 rings (SSSR count). The van der Waals surface area contributed by atoms with Crippen molar-refractivity contribution in [3.8, 4) is 5.75 Å². The second-order valence-electron chi connectivity index (χ2n) is 5.48. The lowest BCUT2D eigenvalue weighted by Crippen LogP contribution is -2.23. The van der Waals surface area contributed by atoms with E-state index in [-0.39, 0.29) is 11.9 Å². The third-order valence-corrected chi connectivity index (χ3v) is 3.69. The maximum absolute atomic E-state index is 13.0. The van der Waals surface area contributed by atoms with Crippen LogP contribution in [0, 0.1) is 5.82 Å². The van der Waals surface area contributed by atoms with Gasteiger partial charge in [0.05, 0.1) is 12.9 Å². The summed E-state index contributed by atoms with van der Waals surface area (Å²) in [6, 6.07) is 16.5. The number of hydrogen-bond donors (Lipinski definition) is 0. The van der Waals surface area contributed by atoms with E-state index in [0.717, 1.165) is 12.8 Å². The van der Waals surface area contributed by atoms with Crippen molar-refractivity contribution in [2.24, 2.45) is 0 Å². The average molecular weight is 310 g/mol. The summed E-state index contributed by atoms with van der Waals surface area (Å²) >= 11 is 0. The van der Waals surface area contributed by atoms with Crippen molar-refractivity contribution in [2.45, 2.75) is 25.5 Å². The third-order valence-electron chi connectivity index (χ3n) is 3.69. The van der Waals surface area contributed by atoms with E-state index in [1.807, 2.05) is 29.0 Å². The van der Waals surface area contributed by atoms with Gasteiger partial charge in [-0.05, 0) is 42.7 Å². The van der Waals surface area contributed by atoms with Crippen LogP contribution in [0.5, 0.6) is 5.75 Å². The molecule has 0 aliphatic carbocycles. The van der Waals surface area contributed by atoms with E-state index >= 15 is 0 Å². The van der Waals surface area contributed by atoms with E-state index < -0.39 is 0 Å². The van der Waals surface area contributed by atoms with Gasteiger partial charge in [0.15, 0.2) is 0 Å². The predicted molar refractivity (Wildman–Crippen MR) is 87.8 cm³/mol. The van der Waals surface area contributed by atoms with Crippen molar-refractivity contribution in [3.05, 3.63) is 84.7 Å². The van der Waals surface area contributed by atoms with Gasteiger partial charge in [-0.25, -0.2) is 9.37 Å². The fourth-order valence-electron chi connectivity index (χ4n) is 2.50. The Labute approximate surface area is 135 Å². The van der Waals surface area contributed by atoms with E-state index in [2.05, 4.69) is 17.1 Å². The molecule has 0 spiro atoms. The highest BCUT2D eigenvalue weighted by Gasteiger charge is 2.12. The van der Waals surface area contributed by atoms with Crippen molar-refractivity contribution >= 4 is 0 Å². The van der Waals surface area contributed by atoms with Gasteiger partial charge in [-0.15, -0.1) is 0 Å². The van der Waals surface area contributed by atoms with E-state index in [4.69, 9.17) is 4.74 Å². The van der Waals surface area contributed by atoms with Crippen LogP contribution in [-0.2, 0) is 13.0 Å². The lowest BCUT2D eigenvalue weighted by molar-refractivity contribution is 0.170. The van der Waals surface area contributed by atoms with E-state index in [0.29, 0.717) is 12.3 Å². The molecule has 2 aromatic carbocycles. The van der Waals surface area contributed by atoms with Crippen LogP contribution in [0.15, 0.2) is 73.3 Å². The summed E-state index contributed by atoms with van der Waals surface area (Å²) in [5.41, 5.74) is 1.28. The van der Waals surface area contributed by atoms with Gasteiger partial charge >= 0.3 is 0 Å². The molecule has 1 aromatic heterocycles. The van der Waals surface area contributed by atoms with Crippen LogP contribution in [0.1, 0.15) is 12.0 Å². The summed E-state index contributed by atoms with van der Waals surface area (Å²) in [7, 11) is 0. The van der Waals surface area contributed by atoms with Crippen LogP contribution >= 0.6 is 0 Å². The zero-order valence-electron chi connectivity index (χ0n) is 12.8. The summed E-state index contributed by atoms with van der Waals surface area (Å²) < 4.78 is 21.1. The molecule has 1 heterocycles. The Bertz CT molecular complexity index is 696. The number of halogens is 1. The average Bonchev–Trinajstić information content (AvgIpc) is 3.09. The summed E-state index contributed by atoms with van der Waals surface area (Å²) in [5, 5.41) is 0. The van der Waals surface area contributed by atoms with Crippen molar-refractivity contribution in [1.29, 1.82) is 0 Å². The van der Waals surface area contributed by atoms with Gasteiger partial charge < -0.3 is 9.30 Å². The van der Waals surface area contributed by atoms with Crippen LogP contribution in [-0.4, -0.2) is 15.7 Å².